The maximum Gasteiger partial charge on any atom is 0.101 e. The third kappa shape index (κ3) is 5.72. The largest absolute Gasteiger partial charge is 0.101 e. The molecule has 1 heteroatoms. The molecule has 17 heavy (non-hydrogen) atoms. The Morgan fingerprint density at radius 3 is 1.65 bits per heavy atom. The van der Waals surface area contributed by atoms with Crippen molar-refractivity contribution in [3.63, 3.8) is 0 Å². The lowest BCUT2D eigenvalue weighted by Crippen LogP contribution is -2.28. The quantitative estimate of drug-likeness (QED) is 0.523. The van der Waals surface area contributed by atoms with Gasteiger partial charge in [0.2, 0.25) is 0 Å². The molecule has 98 valence electrons. The lowest BCUT2D eigenvalue weighted by Gasteiger charge is -2.23. The summed E-state index contributed by atoms with van der Waals surface area (Å²) < 4.78 is 0. The third-order valence-corrected chi connectivity index (χ3v) is 8.21. The van der Waals surface area contributed by atoms with E-state index >= 15 is 0 Å². The molecule has 0 nitrogen and oxygen atoms in total. The Balaban J connectivity index is 2.66. The summed E-state index contributed by atoms with van der Waals surface area (Å²) in [7, 11) is -1.17. The van der Waals surface area contributed by atoms with Crippen molar-refractivity contribution in [3.8, 4) is 0 Å². The van der Waals surface area contributed by atoms with E-state index in [1.54, 1.807) is 0 Å². The van der Waals surface area contributed by atoms with E-state index < -0.39 is 8.07 Å². The monoisotopic (exact) mass is 250 g/mol. The van der Waals surface area contributed by atoms with Gasteiger partial charge in [-0.2, -0.15) is 0 Å². The second kappa shape index (κ2) is 8.74. The summed E-state index contributed by atoms with van der Waals surface area (Å²) in [5, 5.41) is 0. The molecule has 0 unspecified atom stereocenters. The van der Waals surface area contributed by atoms with Crippen molar-refractivity contribution in [1.29, 1.82) is 0 Å². The Morgan fingerprint density at radius 1 is 0.765 bits per heavy atom. The van der Waals surface area contributed by atoms with Crippen LogP contribution in [0.15, 0.2) is 23.6 Å². The van der Waals surface area contributed by atoms with Crippen molar-refractivity contribution in [2.24, 2.45) is 0 Å². The molecule has 0 saturated carbocycles. The molecule has 1 fully saturated rings. The standard InChI is InChI=1S/C16H30Si/c1-3-5-9-13-17(14-10-6-4-2)15-11-7-8-12-16-17/h9-10,13-14H,3-8,11-12,15-16H2,1-2H3. The highest BCUT2D eigenvalue weighted by Gasteiger charge is 2.27. The minimum Gasteiger partial charge on any atom is -0.0944 e. The SMILES string of the molecule is CCCC=C[Si]1(C=CCCC)CCCCCC1. The van der Waals surface area contributed by atoms with E-state index in [0.29, 0.717) is 0 Å². The van der Waals surface area contributed by atoms with Crippen molar-refractivity contribution in [1.82, 2.24) is 0 Å². The molecule has 0 atom stereocenters. The highest BCUT2D eigenvalue weighted by atomic mass is 28.3. The Bertz CT molecular complexity index is 214. The van der Waals surface area contributed by atoms with Crippen molar-refractivity contribution < 1.29 is 0 Å². The molecular weight excluding hydrogens is 220 g/mol. The van der Waals surface area contributed by atoms with Crippen LogP contribution >= 0.6 is 0 Å². The molecule has 1 aliphatic rings. The fraction of sp³-hybridized carbons (Fsp3) is 0.750. The van der Waals surface area contributed by atoms with E-state index in [0.717, 1.165) is 0 Å². The van der Waals surface area contributed by atoms with Gasteiger partial charge in [0, 0.05) is 0 Å². The summed E-state index contributed by atoms with van der Waals surface area (Å²) in [4.78, 5) is 0. The fourth-order valence-corrected chi connectivity index (χ4v) is 6.86. The van der Waals surface area contributed by atoms with E-state index in [9.17, 15) is 0 Å². The summed E-state index contributed by atoms with van der Waals surface area (Å²) in [6.45, 7) is 4.55. The molecule has 0 aromatic rings. The molecule has 0 amide bonds. The molecular formula is C16H30Si. The van der Waals surface area contributed by atoms with Crippen LogP contribution in [0.3, 0.4) is 0 Å². The molecule has 0 aromatic heterocycles. The molecule has 0 radical (unpaired) electrons. The van der Waals surface area contributed by atoms with Gasteiger partial charge in [0.25, 0.3) is 0 Å². The van der Waals surface area contributed by atoms with Gasteiger partial charge in [0.15, 0.2) is 0 Å². The predicted molar refractivity (Wildman–Crippen MR) is 81.9 cm³/mol. The van der Waals surface area contributed by atoms with Crippen molar-refractivity contribution in [3.05, 3.63) is 23.6 Å². The van der Waals surface area contributed by atoms with Gasteiger partial charge in [-0.1, -0.05) is 88.0 Å². The maximum absolute atomic E-state index is 2.66. The zero-order valence-corrected chi connectivity index (χ0v) is 12.9. The van der Waals surface area contributed by atoms with Crippen LogP contribution < -0.4 is 0 Å². The first-order valence-corrected chi connectivity index (χ1v) is 10.3. The zero-order chi connectivity index (χ0) is 12.4. The highest BCUT2D eigenvalue weighted by molar-refractivity contribution is 6.89. The first-order valence-electron chi connectivity index (χ1n) is 7.68. The van der Waals surface area contributed by atoms with E-state index in [1.807, 2.05) is 0 Å². The smallest absolute Gasteiger partial charge is 0.0944 e. The van der Waals surface area contributed by atoms with Crippen LogP contribution in [0, 0.1) is 0 Å². The van der Waals surface area contributed by atoms with Crippen LogP contribution in [-0.2, 0) is 0 Å². The van der Waals surface area contributed by atoms with Gasteiger partial charge < -0.3 is 0 Å². The highest BCUT2D eigenvalue weighted by Crippen LogP contribution is 2.30. The average molecular weight is 251 g/mol. The van der Waals surface area contributed by atoms with Gasteiger partial charge in [-0.05, 0) is 12.8 Å². The zero-order valence-electron chi connectivity index (χ0n) is 11.9. The number of rotatable bonds is 6. The van der Waals surface area contributed by atoms with E-state index in [1.165, 1.54) is 63.5 Å². The summed E-state index contributed by atoms with van der Waals surface area (Å²) >= 11 is 0. The maximum atomic E-state index is 2.66. The van der Waals surface area contributed by atoms with E-state index in [-0.39, 0.29) is 0 Å². The Morgan fingerprint density at radius 2 is 1.24 bits per heavy atom. The molecule has 0 bridgehead atoms. The second-order valence-electron chi connectivity index (χ2n) is 5.53. The Labute approximate surface area is 109 Å². The summed E-state index contributed by atoms with van der Waals surface area (Å²) in [6.07, 6.45) is 16.0. The molecule has 1 aliphatic heterocycles. The molecule has 0 spiro atoms. The predicted octanol–water partition coefficient (Wildman–Crippen LogP) is 5.80. The minimum atomic E-state index is -1.17. The van der Waals surface area contributed by atoms with Gasteiger partial charge in [0.05, 0.1) is 0 Å². The molecule has 0 aliphatic carbocycles. The van der Waals surface area contributed by atoms with Gasteiger partial charge in [0.1, 0.15) is 8.07 Å². The van der Waals surface area contributed by atoms with Crippen LogP contribution in [0.2, 0.25) is 12.1 Å². The third-order valence-electron chi connectivity index (χ3n) is 3.84. The number of hydrogen-bond acceptors (Lipinski definition) is 0. The first-order chi connectivity index (χ1) is 8.33. The molecule has 0 aromatic carbocycles. The molecule has 1 rings (SSSR count). The van der Waals surface area contributed by atoms with Gasteiger partial charge in [-0.25, -0.2) is 0 Å². The van der Waals surface area contributed by atoms with E-state index in [2.05, 4.69) is 37.4 Å². The average Bonchev–Trinajstić information content (AvgIpc) is 2.56. The second-order valence-corrected chi connectivity index (χ2v) is 9.66. The van der Waals surface area contributed by atoms with Crippen molar-refractivity contribution in [2.45, 2.75) is 77.3 Å². The van der Waals surface area contributed by atoms with Crippen LogP contribution in [0.5, 0.6) is 0 Å². The number of allylic oxidation sites excluding steroid dienone is 2. The summed E-state index contributed by atoms with van der Waals surface area (Å²) in [5.41, 5.74) is 5.32. The first kappa shape index (κ1) is 14.8. The van der Waals surface area contributed by atoms with Gasteiger partial charge >= 0.3 is 0 Å². The summed E-state index contributed by atoms with van der Waals surface area (Å²) in [6, 6.07) is 3.01. The molecule has 1 saturated heterocycles. The Kier molecular flexibility index (Phi) is 7.59. The number of unbranched alkanes of at least 4 members (excludes halogenated alkanes) is 2. The lowest BCUT2D eigenvalue weighted by atomic mass is 10.2. The topological polar surface area (TPSA) is 0 Å². The van der Waals surface area contributed by atoms with Crippen LogP contribution in [-0.4, -0.2) is 8.07 Å². The van der Waals surface area contributed by atoms with E-state index in [4.69, 9.17) is 0 Å². The van der Waals surface area contributed by atoms with Crippen molar-refractivity contribution >= 4 is 8.07 Å². The van der Waals surface area contributed by atoms with Crippen molar-refractivity contribution in [2.75, 3.05) is 0 Å². The fourth-order valence-electron chi connectivity index (χ4n) is 2.75. The van der Waals surface area contributed by atoms with Gasteiger partial charge in [-0.15, -0.1) is 0 Å². The normalized spacial score (nSPS) is 21.1. The van der Waals surface area contributed by atoms with Gasteiger partial charge in [-0.3, -0.25) is 0 Å². The van der Waals surface area contributed by atoms with Crippen LogP contribution in [0.25, 0.3) is 0 Å². The lowest BCUT2D eigenvalue weighted by molar-refractivity contribution is 0.720. The van der Waals surface area contributed by atoms with Crippen LogP contribution in [0.4, 0.5) is 0 Å². The Hall–Kier alpha value is -0.303. The molecule has 1 heterocycles. The summed E-state index contributed by atoms with van der Waals surface area (Å²) in [5.74, 6) is 0. The minimum absolute atomic E-state index is 1.17. The van der Waals surface area contributed by atoms with Crippen LogP contribution in [0.1, 0.15) is 65.2 Å². The number of hydrogen-bond donors (Lipinski definition) is 0. The molecule has 0 N–H and O–H groups in total.